The SMILES string of the molecule is Cc1[nH]c2ccccc2c1C(=O)COC(=O)CCc1nc2ccccc2s1. The van der Waals surface area contributed by atoms with Crippen molar-refractivity contribution in [3.8, 4) is 0 Å². The number of aryl methyl sites for hydroxylation is 2. The number of ether oxygens (including phenoxy) is 1. The Labute approximate surface area is 160 Å². The highest BCUT2D eigenvalue weighted by atomic mass is 32.1. The number of hydrogen-bond acceptors (Lipinski definition) is 5. The van der Waals surface area contributed by atoms with Crippen LogP contribution in [0.3, 0.4) is 0 Å². The van der Waals surface area contributed by atoms with Crippen LogP contribution >= 0.6 is 11.3 Å². The number of Topliss-reactive ketones (excluding diaryl/α,β-unsaturated/α-hetero) is 1. The van der Waals surface area contributed by atoms with Crippen molar-refractivity contribution in [2.45, 2.75) is 19.8 Å². The maximum atomic E-state index is 12.5. The molecule has 4 rings (SSSR count). The summed E-state index contributed by atoms with van der Waals surface area (Å²) in [6.07, 6.45) is 0.721. The van der Waals surface area contributed by atoms with Crippen molar-refractivity contribution in [1.29, 1.82) is 0 Å². The Morgan fingerprint density at radius 2 is 1.89 bits per heavy atom. The number of carbonyl (C=O) groups excluding carboxylic acids is 2. The lowest BCUT2D eigenvalue weighted by molar-refractivity contribution is -0.142. The van der Waals surface area contributed by atoms with Gasteiger partial charge in [-0.05, 0) is 25.1 Å². The molecule has 2 aromatic carbocycles. The van der Waals surface area contributed by atoms with Gasteiger partial charge in [0.1, 0.15) is 0 Å². The van der Waals surface area contributed by atoms with Crippen molar-refractivity contribution in [3.63, 3.8) is 0 Å². The van der Waals surface area contributed by atoms with Crippen molar-refractivity contribution in [2.75, 3.05) is 6.61 Å². The number of carbonyl (C=O) groups is 2. The summed E-state index contributed by atoms with van der Waals surface area (Å²) in [7, 11) is 0. The maximum Gasteiger partial charge on any atom is 0.306 e. The third-order valence-electron chi connectivity index (χ3n) is 4.42. The summed E-state index contributed by atoms with van der Waals surface area (Å²) in [5, 5.41) is 1.75. The number of thiazole rings is 1. The van der Waals surface area contributed by atoms with E-state index in [-0.39, 0.29) is 24.8 Å². The summed E-state index contributed by atoms with van der Waals surface area (Å²) in [6, 6.07) is 15.5. The maximum absolute atomic E-state index is 12.5. The first-order valence-electron chi connectivity index (χ1n) is 8.72. The number of rotatable bonds is 6. The third-order valence-corrected chi connectivity index (χ3v) is 5.51. The van der Waals surface area contributed by atoms with Gasteiger partial charge >= 0.3 is 5.97 Å². The Morgan fingerprint density at radius 3 is 2.74 bits per heavy atom. The van der Waals surface area contributed by atoms with E-state index in [9.17, 15) is 9.59 Å². The second-order valence-corrected chi connectivity index (χ2v) is 7.44. The largest absolute Gasteiger partial charge is 0.457 e. The van der Waals surface area contributed by atoms with Crippen LogP contribution in [0.15, 0.2) is 48.5 Å². The zero-order valence-corrected chi connectivity index (χ0v) is 15.6. The molecule has 27 heavy (non-hydrogen) atoms. The molecule has 2 heterocycles. The lowest BCUT2D eigenvalue weighted by Crippen LogP contribution is -2.15. The molecular weight excluding hydrogens is 360 g/mol. The summed E-state index contributed by atoms with van der Waals surface area (Å²) in [5.41, 5.74) is 3.22. The number of ketones is 1. The van der Waals surface area contributed by atoms with Gasteiger partial charge in [-0.3, -0.25) is 9.59 Å². The van der Waals surface area contributed by atoms with Crippen molar-refractivity contribution in [2.24, 2.45) is 0 Å². The molecule has 0 radical (unpaired) electrons. The number of nitrogens with one attached hydrogen (secondary N) is 1. The molecule has 4 aromatic rings. The minimum atomic E-state index is -0.389. The predicted molar refractivity (Wildman–Crippen MR) is 106 cm³/mol. The van der Waals surface area contributed by atoms with Gasteiger partial charge in [0, 0.05) is 28.6 Å². The molecule has 0 atom stereocenters. The summed E-state index contributed by atoms with van der Waals surface area (Å²) in [5.74, 6) is -0.585. The van der Waals surface area contributed by atoms with Gasteiger partial charge in [0.05, 0.1) is 21.6 Å². The van der Waals surface area contributed by atoms with E-state index in [1.165, 1.54) is 0 Å². The Kier molecular flexibility index (Phi) is 4.73. The molecule has 6 heteroatoms. The third kappa shape index (κ3) is 3.61. The van der Waals surface area contributed by atoms with E-state index in [1.807, 2.05) is 55.5 Å². The van der Waals surface area contributed by atoms with E-state index in [0.29, 0.717) is 12.0 Å². The van der Waals surface area contributed by atoms with Gasteiger partial charge in [-0.15, -0.1) is 11.3 Å². The zero-order chi connectivity index (χ0) is 18.8. The van der Waals surface area contributed by atoms with Crippen LogP contribution in [0.5, 0.6) is 0 Å². The monoisotopic (exact) mass is 378 g/mol. The summed E-state index contributed by atoms with van der Waals surface area (Å²) >= 11 is 1.58. The Bertz CT molecular complexity index is 1110. The first kappa shape index (κ1) is 17.4. The number of fused-ring (bicyclic) bond motifs is 2. The number of aromatic nitrogens is 2. The second-order valence-electron chi connectivity index (χ2n) is 6.33. The molecule has 0 unspecified atom stereocenters. The number of nitrogens with zero attached hydrogens (tertiary/aromatic N) is 1. The van der Waals surface area contributed by atoms with Crippen LogP contribution < -0.4 is 0 Å². The van der Waals surface area contributed by atoms with Gasteiger partial charge in [-0.25, -0.2) is 4.98 Å². The molecule has 0 aliphatic rings. The number of benzene rings is 2. The Hall–Kier alpha value is -2.99. The number of hydrogen-bond donors (Lipinski definition) is 1. The molecule has 0 amide bonds. The second kappa shape index (κ2) is 7.32. The van der Waals surface area contributed by atoms with Crippen LogP contribution in [0.4, 0.5) is 0 Å². The lowest BCUT2D eigenvalue weighted by atomic mass is 10.1. The average molecular weight is 378 g/mol. The fourth-order valence-electron chi connectivity index (χ4n) is 3.16. The van der Waals surface area contributed by atoms with Crippen LogP contribution in [0.25, 0.3) is 21.1 Å². The molecular formula is C21H18N2O3S. The van der Waals surface area contributed by atoms with E-state index in [2.05, 4.69) is 9.97 Å². The molecule has 0 spiro atoms. The molecule has 0 bridgehead atoms. The van der Waals surface area contributed by atoms with Crippen LogP contribution in [-0.4, -0.2) is 28.3 Å². The fourth-order valence-corrected chi connectivity index (χ4v) is 4.13. The molecule has 0 saturated heterocycles. The van der Waals surface area contributed by atoms with Crippen molar-refractivity contribution in [1.82, 2.24) is 9.97 Å². The normalized spacial score (nSPS) is 11.1. The highest BCUT2D eigenvalue weighted by Crippen LogP contribution is 2.23. The number of esters is 1. The van der Waals surface area contributed by atoms with Gasteiger partial charge in [0.25, 0.3) is 0 Å². The van der Waals surface area contributed by atoms with Crippen LogP contribution in [0, 0.1) is 6.92 Å². The quantitative estimate of drug-likeness (QED) is 0.398. The summed E-state index contributed by atoms with van der Waals surface area (Å²) in [6.45, 7) is 1.60. The van der Waals surface area contributed by atoms with Gasteiger partial charge in [-0.2, -0.15) is 0 Å². The highest BCUT2D eigenvalue weighted by Gasteiger charge is 2.17. The Morgan fingerprint density at radius 1 is 1.11 bits per heavy atom. The van der Waals surface area contributed by atoms with E-state index < -0.39 is 0 Å². The van der Waals surface area contributed by atoms with E-state index in [1.54, 1.807) is 11.3 Å². The number of para-hydroxylation sites is 2. The van der Waals surface area contributed by atoms with Gasteiger partial charge in [-0.1, -0.05) is 30.3 Å². The topological polar surface area (TPSA) is 72.1 Å². The highest BCUT2D eigenvalue weighted by molar-refractivity contribution is 7.18. The Balaban J connectivity index is 1.36. The van der Waals surface area contributed by atoms with E-state index >= 15 is 0 Å². The van der Waals surface area contributed by atoms with Crippen LogP contribution in [0.2, 0.25) is 0 Å². The first-order valence-corrected chi connectivity index (χ1v) is 9.54. The van der Waals surface area contributed by atoms with E-state index in [4.69, 9.17) is 4.74 Å². The first-order chi connectivity index (χ1) is 13.1. The lowest BCUT2D eigenvalue weighted by Gasteiger charge is -2.04. The van der Waals surface area contributed by atoms with E-state index in [0.717, 1.165) is 31.8 Å². The predicted octanol–water partition coefficient (Wildman–Crippen LogP) is 4.44. The molecule has 0 aliphatic carbocycles. The van der Waals surface area contributed by atoms with Crippen molar-refractivity contribution >= 4 is 44.2 Å². The number of H-pyrrole nitrogens is 1. The van der Waals surface area contributed by atoms with Gasteiger partial charge < -0.3 is 9.72 Å². The zero-order valence-electron chi connectivity index (χ0n) is 14.8. The van der Waals surface area contributed by atoms with Crippen molar-refractivity contribution < 1.29 is 14.3 Å². The molecule has 0 aliphatic heterocycles. The van der Waals surface area contributed by atoms with Crippen LogP contribution in [-0.2, 0) is 16.0 Å². The molecule has 136 valence electrons. The molecule has 5 nitrogen and oxygen atoms in total. The van der Waals surface area contributed by atoms with Crippen LogP contribution in [0.1, 0.15) is 27.5 Å². The number of aromatic amines is 1. The average Bonchev–Trinajstić information content (AvgIpc) is 3.23. The molecule has 2 aromatic heterocycles. The fraction of sp³-hybridized carbons (Fsp3) is 0.190. The minimum Gasteiger partial charge on any atom is -0.457 e. The minimum absolute atomic E-state index is 0.196. The van der Waals surface area contributed by atoms with Crippen molar-refractivity contribution in [3.05, 3.63) is 64.8 Å². The molecule has 0 saturated carbocycles. The van der Waals surface area contributed by atoms with Gasteiger partial charge in [0.2, 0.25) is 5.78 Å². The summed E-state index contributed by atoms with van der Waals surface area (Å²) < 4.78 is 6.30. The smallest absolute Gasteiger partial charge is 0.306 e. The molecule has 0 fully saturated rings. The summed E-state index contributed by atoms with van der Waals surface area (Å²) in [4.78, 5) is 32.3. The standard InChI is InChI=1S/C21H18N2O3S/c1-13-21(14-6-2-3-7-15(14)22-13)17(24)12-26-20(25)11-10-19-23-16-8-4-5-9-18(16)27-19/h2-9,22H,10-12H2,1H3. The molecule has 1 N–H and O–H groups in total. The van der Waals surface area contributed by atoms with Gasteiger partial charge in [0.15, 0.2) is 6.61 Å².